The summed E-state index contributed by atoms with van der Waals surface area (Å²) >= 11 is 0. The van der Waals surface area contributed by atoms with Gasteiger partial charge in [0.25, 0.3) is 0 Å². The lowest BCUT2D eigenvalue weighted by atomic mass is 10.1. The van der Waals surface area contributed by atoms with Crippen molar-refractivity contribution in [1.29, 1.82) is 0 Å². The molecule has 28 heavy (non-hydrogen) atoms. The van der Waals surface area contributed by atoms with Crippen LogP contribution in [0.3, 0.4) is 0 Å². The van der Waals surface area contributed by atoms with Crippen LogP contribution in [0.5, 0.6) is 0 Å². The Balaban J connectivity index is 1.28. The van der Waals surface area contributed by atoms with Crippen molar-refractivity contribution in [2.24, 2.45) is 5.92 Å². The maximum absolute atomic E-state index is 11.9. The fraction of sp³-hybridized carbons (Fsp3) is 0.429. The fourth-order valence-corrected chi connectivity index (χ4v) is 3.63. The minimum absolute atomic E-state index is 0.0624. The summed E-state index contributed by atoms with van der Waals surface area (Å²) in [5.41, 5.74) is 2.87. The number of aromatic nitrogens is 4. The Morgan fingerprint density at radius 3 is 2.64 bits per heavy atom. The van der Waals surface area contributed by atoms with Gasteiger partial charge in [0.1, 0.15) is 6.61 Å². The summed E-state index contributed by atoms with van der Waals surface area (Å²) in [7, 11) is 0. The van der Waals surface area contributed by atoms with Gasteiger partial charge in [0.2, 0.25) is 5.91 Å². The standard InChI is InChI=1S/C21H23N5O2/c27-21(14-5-6-14)24-19-10-17-9-15(7-8-26(17)25-19)16-11-22-20(23-12-16)13-28-18-3-1-2-4-18/h7-12,14,18H,1-6,13H2,(H,24,25,27). The molecule has 0 atom stereocenters. The quantitative estimate of drug-likeness (QED) is 0.710. The van der Waals surface area contributed by atoms with E-state index in [2.05, 4.69) is 20.4 Å². The van der Waals surface area contributed by atoms with Crippen molar-refractivity contribution in [2.75, 3.05) is 5.32 Å². The summed E-state index contributed by atoms with van der Waals surface area (Å²) in [6, 6.07) is 5.88. The number of nitrogens with zero attached hydrogens (tertiary/aromatic N) is 4. The van der Waals surface area contributed by atoms with Crippen LogP contribution in [0.1, 0.15) is 44.3 Å². The molecule has 3 aromatic rings. The third-order valence-electron chi connectivity index (χ3n) is 5.45. The molecule has 0 radical (unpaired) electrons. The van der Waals surface area contributed by atoms with Gasteiger partial charge in [0.05, 0.1) is 11.6 Å². The van der Waals surface area contributed by atoms with E-state index in [4.69, 9.17) is 4.74 Å². The van der Waals surface area contributed by atoms with Crippen LogP contribution in [0.15, 0.2) is 36.8 Å². The summed E-state index contributed by atoms with van der Waals surface area (Å²) in [5, 5.41) is 7.30. The summed E-state index contributed by atoms with van der Waals surface area (Å²) in [6.07, 6.45) is 12.7. The highest BCUT2D eigenvalue weighted by Crippen LogP contribution is 2.30. The molecule has 2 saturated carbocycles. The van der Waals surface area contributed by atoms with E-state index in [1.807, 2.05) is 36.8 Å². The monoisotopic (exact) mass is 377 g/mol. The van der Waals surface area contributed by atoms with Crippen molar-refractivity contribution >= 4 is 17.2 Å². The molecule has 2 fully saturated rings. The van der Waals surface area contributed by atoms with Crippen molar-refractivity contribution in [3.8, 4) is 11.1 Å². The van der Waals surface area contributed by atoms with Crippen molar-refractivity contribution in [1.82, 2.24) is 19.6 Å². The summed E-state index contributed by atoms with van der Waals surface area (Å²) in [5.74, 6) is 1.52. The fourth-order valence-electron chi connectivity index (χ4n) is 3.63. The number of nitrogens with one attached hydrogen (secondary N) is 1. The Labute approximate surface area is 163 Å². The van der Waals surface area contributed by atoms with Crippen LogP contribution in [0.4, 0.5) is 5.82 Å². The molecule has 0 aliphatic heterocycles. The van der Waals surface area contributed by atoms with E-state index in [0.717, 1.165) is 42.3 Å². The first-order valence-electron chi connectivity index (χ1n) is 9.98. The number of fused-ring (bicyclic) bond motifs is 1. The highest BCUT2D eigenvalue weighted by molar-refractivity contribution is 5.93. The van der Waals surface area contributed by atoms with Gasteiger partial charge < -0.3 is 10.1 Å². The molecule has 3 aromatic heterocycles. The molecule has 0 bridgehead atoms. The number of anilines is 1. The maximum atomic E-state index is 11.9. The Kier molecular flexibility index (Phi) is 4.52. The van der Waals surface area contributed by atoms with Crippen LogP contribution >= 0.6 is 0 Å². The smallest absolute Gasteiger partial charge is 0.228 e. The Bertz CT molecular complexity index is 988. The van der Waals surface area contributed by atoms with E-state index in [1.54, 1.807) is 4.52 Å². The Morgan fingerprint density at radius 1 is 1.11 bits per heavy atom. The van der Waals surface area contributed by atoms with Gasteiger partial charge in [-0.25, -0.2) is 14.5 Å². The van der Waals surface area contributed by atoms with E-state index >= 15 is 0 Å². The Morgan fingerprint density at radius 2 is 1.89 bits per heavy atom. The molecule has 1 amide bonds. The number of hydrogen-bond acceptors (Lipinski definition) is 5. The number of pyridine rings is 1. The average molecular weight is 377 g/mol. The van der Waals surface area contributed by atoms with Gasteiger partial charge >= 0.3 is 0 Å². The lowest BCUT2D eigenvalue weighted by molar-refractivity contribution is -0.117. The van der Waals surface area contributed by atoms with Gasteiger partial charge in [-0.2, -0.15) is 5.10 Å². The molecular formula is C21H23N5O2. The average Bonchev–Trinajstić information content (AvgIpc) is 3.29. The first kappa shape index (κ1) is 17.3. The van der Waals surface area contributed by atoms with Crippen LogP contribution in [-0.4, -0.2) is 31.6 Å². The zero-order valence-electron chi connectivity index (χ0n) is 15.7. The second kappa shape index (κ2) is 7.31. The van der Waals surface area contributed by atoms with Crippen molar-refractivity contribution in [2.45, 2.75) is 51.2 Å². The lowest BCUT2D eigenvalue weighted by Crippen LogP contribution is -2.13. The van der Waals surface area contributed by atoms with Gasteiger partial charge in [0, 0.05) is 36.1 Å². The highest BCUT2D eigenvalue weighted by Gasteiger charge is 2.30. The van der Waals surface area contributed by atoms with Crippen molar-refractivity contribution in [3.05, 3.63) is 42.6 Å². The molecular weight excluding hydrogens is 354 g/mol. The second-order valence-corrected chi connectivity index (χ2v) is 7.68. The first-order chi connectivity index (χ1) is 13.7. The van der Waals surface area contributed by atoms with Gasteiger partial charge in [-0.1, -0.05) is 12.8 Å². The first-order valence-corrected chi connectivity index (χ1v) is 9.98. The predicted molar refractivity (Wildman–Crippen MR) is 105 cm³/mol. The number of ether oxygens (including phenoxy) is 1. The zero-order chi connectivity index (χ0) is 18.9. The normalized spacial score (nSPS) is 17.3. The summed E-state index contributed by atoms with van der Waals surface area (Å²) < 4.78 is 7.64. The molecule has 2 aliphatic carbocycles. The van der Waals surface area contributed by atoms with Gasteiger partial charge in [0.15, 0.2) is 11.6 Å². The maximum Gasteiger partial charge on any atom is 0.228 e. The van der Waals surface area contributed by atoms with Crippen molar-refractivity contribution < 1.29 is 9.53 Å². The van der Waals surface area contributed by atoms with Crippen LogP contribution in [0.2, 0.25) is 0 Å². The molecule has 7 nitrogen and oxygen atoms in total. The van der Waals surface area contributed by atoms with Crippen molar-refractivity contribution in [3.63, 3.8) is 0 Å². The highest BCUT2D eigenvalue weighted by atomic mass is 16.5. The molecule has 5 rings (SSSR count). The number of hydrogen-bond donors (Lipinski definition) is 1. The lowest BCUT2D eigenvalue weighted by Gasteiger charge is -2.10. The third kappa shape index (κ3) is 3.75. The predicted octanol–water partition coefficient (Wildman–Crippen LogP) is 3.60. The van der Waals surface area contributed by atoms with Crippen LogP contribution < -0.4 is 5.32 Å². The molecule has 0 saturated heterocycles. The molecule has 7 heteroatoms. The molecule has 2 aliphatic rings. The van der Waals surface area contributed by atoms with E-state index in [-0.39, 0.29) is 11.8 Å². The number of carbonyl (C=O) groups excluding carboxylic acids is 1. The van der Waals surface area contributed by atoms with Gasteiger partial charge in [-0.3, -0.25) is 4.79 Å². The third-order valence-corrected chi connectivity index (χ3v) is 5.45. The van der Waals surface area contributed by atoms with E-state index in [0.29, 0.717) is 24.4 Å². The summed E-state index contributed by atoms with van der Waals surface area (Å²) in [4.78, 5) is 20.8. The second-order valence-electron chi connectivity index (χ2n) is 7.68. The Hall–Kier alpha value is -2.80. The van der Waals surface area contributed by atoms with E-state index in [9.17, 15) is 4.79 Å². The minimum atomic E-state index is 0.0624. The zero-order valence-corrected chi connectivity index (χ0v) is 15.7. The number of rotatable bonds is 6. The molecule has 0 spiro atoms. The number of carbonyl (C=O) groups is 1. The minimum Gasteiger partial charge on any atom is -0.370 e. The molecule has 0 aromatic carbocycles. The number of amides is 1. The molecule has 3 heterocycles. The SMILES string of the molecule is O=C(Nc1cc2cc(-c3cnc(COC4CCCC4)nc3)ccn2n1)C1CC1. The van der Waals surface area contributed by atoms with E-state index in [1.165, 1.54) is 12.8 Å². The van der Waals surface area contributed by atoms with E-state index < -0.39 is 0 Å². The molecule has 1 N–H and O–H groups in total. The molecule has 0 unspecified atom stereocenters. The summed E-state index contributed by atoms with van der Waals surface area (Å²) in [6.45, 7) is 0.469. The molecule has 144 valence electrons. The topological polar surface area (TPSA) is 81.4 Å². The van der Waals surface area contributed by atoms with Gasteiger partial charge in [-0.05, 0) is 43.4 Å². The van der Waals surface area contributed by atoms with Crippen LogP contribution in [0, 0.1) is 5.92 Å². The largest absolute Gasteiger partial charge is 0.370 e. The van der Waals surface area contributed by atoms with Crippen LogP contribution in [-0.2, 0) is 16.1 Å². The van der Waals surface area contributed by atoms with Gasteiger partial charge in [-0.15, -0.1) is 0 Å². The van der Waals surface area contributed by atoms with Crippen LogP contribution in [0.25, 0.3) is 16.6 Å².